The number of carbonyl (C=O) groups excluding carboxylic acids is 4. The predicted octanol–water partition coefficient (Wildman–Crippen LogP) is 4.21. The molecular weight excluding hydrogens is 763 g/mol. The molecule has 4 N–H and O–H groups in total. The van der Waals surface area contributed by atoms with Crippen molar-refractivity contribution in [2.75, 3.05) is 68.0 Å². The molecule has 4 saturated heterocycles. The number of benzene rings is 2. The summed E-state index contributed by atoms with van der Waals surface area (Å²) in [6.07, 6.45) is 7.17. The van der Waals surface area contributed by atoms with Gasteiger partial charge >= 0.3 is 0 Å². The highest BCUT2D eigenvalue weighted by molar-refractivity contribution is 6.01. The zero-order chi connectivity index (χ0) is 41.1. The van der Waals surface area contributed by atoms with Crippen molar-refractivity contribution in [2.24, 2.45) is 5.92 Å². The SMILES string of the molecule is O=C1CCC(Nc2ccc(C3CCN(CC4(O)CCN(C(=O)[C@H]5CC[C@H](Nc6ncc(F)c(-c7cccc(N8CCOCC8=O)c7)n6)CC5)CC4)CC3)c(F)c2)C(=O)N1. The molecule has 16 heteroatoms. The standard InChI is InChI=1S/C43H52F2N8O6/c44-34-23-31(47-36-10-11-37(54)49-40(36)56)8-9-33(34)27-12-16-51(17-13-27)26-43(58)14-18-52(19-15-43)41(57)28-4-6-30(7-5-28)48-42-46-24-35(45)39(50-42)29-2-1-3-32(22-29)53-20-21-59-25-38(53)55/h1-3,8-9,22-24,27-28,30,36,47,58H,4-7,10-21,25-26H2,(H,46,48,50)(H,49,54,56)/t28-,30-,36?. The molecule has 0 spiro atoms. The van der Waals surface area contributed by atoms with Crippen LogP contribution in [0.2, 0.25) is 0 Å². The van der Waals surface area contributed by atoms with Crippen molar-refractivity contribution in [2.45, 2.75) is 87.8 Å². The molecular formula is C43H52F2N8O6. The van der Waals surface area contributed by atoms with Crippen LogP contribution in [0, 0.1) is 17.6 Å². The minimum Gasteiger partial charge on any atom is -0.388 e. The van der Waals surface area contributed by atoms with E-state index in [1.165, 1.54) is 6.07 Å². The summed E-state index contributed by atoms with van der Waals surface area (Å²) in [4.78, 5) is 64.0. The predicted molar refractivity (Wildman–Crippen MR) is 215 cm³/mol. The minimum atomic E-state index is -0.894. The molecule has 1 atom stereocenters. The van der Waals surface area contributed by atoms with Crippen LogP contribution in [0.3, 0.4) is 0 Å². The molecule has 2 aromatic carbocycles. The summed E-state index contributed by atoms with van der Waals surface area (Å²) in [5, 5.41) is 20.3. The number of imide groups is 1. The maximum Gasteiger partial charge on any atom is 0.253 e. The van der Waals surface area contributed by atoms with Crippen molar-refractivity contribution in [3.05, 3.63) is 65.9 Å². The summed E-state index contributed by atoms with van der Waals surface area (Å²) in [7, 11) is 0. The number of hydrogen-bond donors (Lipinski definition) is 4. The van der Waals surface area contributed by atoms with E-state index in [1.54, 1.807) is 35.2 Å². The van der Waals surface area contributed by atoms with Gasteiger partial charge in [0.05, 0.1) is 18.4 Å². The first-order chi connectivity index (χ1) is 28.5. The van der Waals surface area contributed by atoms with Gasteiger partial charge in [-0.3, -0.25) is 24.5 Å². The summed E-state index contributed by atoms with van der Waals surface area (Å²) >= 11 is 0. The van der Waals surface area contributed by atoms with Crippen LogP contribution < -0.4 is 20.9 Å². The van der Waals surface area contributed by atoms with E-state index in [2.05, 4.69) is 30.8 Å². The van der Waals surface area contributed by atoms with Gasteiger partial charge in [0.25, 0.3) is 5.91 Å². The molecule has 1 aromatic heterocycles. The molecule has 3 aromatic rings. The number of nitrogens with zero attached hydrogens (tertiary/aromatic N) is 5. The van der Waals surface area contributed by atoms with Crippen LogP contribution in [0.1, 0.15) is 75.7 Å². The summed E-state index contributed by atoms with van der Waals surface area (Å²) < 4.78 is 35.5. The Balaban J connectivity index is 0.770. The number of carbonyl (C=O) groups is 4. The smallest absolute Gasteiger partial charge is 0.253 e. The molecule has 5 aliphatic rings. The van der Waals surface area contributed by atoms with Crippen LogP contribution in [0.25, 0.3) is 11.3 Å². The molecule has 59 heavy (non-hydrogen) atoms. The number of β-amino-alcohol motifs (C(OH)–C–C–N with tert-alkyl or cyclic N) is 1. The van der Waals surface area contributed by atoms with E-state index < -0.39 is 23.4 Å². The third kappa shape index (κ3) is 9.55. The van der Waals surface area contributed by atoms with Crippen LogP contribution in [0.4, 0.5) is 26.1 Å². The molecule has 8 rings (SSSR count). The molecule has 4 aliphatic heterocycles. The van der Waals surface area contributed by atoms with Gasteiger partial charge < -0.3 is 35.2 Å². The Morgan fingerprint density at radius 3 is 2.42 bits per heavy atom. The first-order valence-electron chi connectivity index (χ1n) is 20.9. The van der Waals surface area contributed by atoms with E-state index in [9.17, 15) is 28.7 Å². The van der Waals surface area contributed by atoms with E-state index >= 15 is 4.39 Å². The zero-order valence-corrected chi connectivity index (χ0v) is 33.1. The third-order valence-electron chi connectivity index (χ3n) is 12.7. The Hall–Kier alpha value is -5.06. The van der Waals surface area contributed by atoms with Crippen molar-refractivity contribution < 1.29 is 37.8 Å². The Bertz CT molecular complexity index is 2050. The monoisotopic (exact) mass is 814 g/mol. The van der Waals surface area contributed by atoms with Crippen LogP contribution in [-0.2, 0) is 23.9 Å². The van der Waals surface area contributed by atoms with E-state index in [-0.39, 0.29) is 60.1 Å². The maximum atomic E-state index is 15.3. The fourth-order valence-corrected chi connectivity index (χ4v) is 9.28. The van der Waals surface area contributed by atoms with Gasteiger partial charge in [-0.05, 0) is 107 Å². The fourth-order valence-electron chi connectivity index (χ4n) is 9.28. The van der Waals surface area contributed by atoms with E-state index in [0.29, 0.717) is 93.3 Å². The second-order valence-corrected chi connectivity index (χ2v) is 16.7. The fraction of sp³-hybridized carbons (Fsp3) is 0.535. The molecule has 1 aliphatic carbocycles. The molecule has 1 saturated carbocycles. The molecule has 0 radical (unpaired) electrons. The lowest BCUT2D eigenvalue weighted by Gasteiger charge is -2.43. The number of rotatable bonds is 10. The minimum absolute atomic E-state index is 0.0121. The maximum absolute atomic E-state index is 15.3. The number of halogens is 2. The van der Waals surface area contributed by atoms with Gasteiger partial charge in [0, 0.05) is 61.5 Å². The number of ether oxygens (including phenoxy) is 1. The normalized spacial score (nSPS) is 24.5. The molecule has 314 valence electrons. The van der Waals surface area contributed by atoms with Gasteiger partial charge in [0.1, 0.15) is 24.2 Å². The molecule has 5 fully saturated rings. The summed E-state index contributed by atoms with van der Waals surface area (Å²) in [6, 6.07) is 11.5. The lowest BCUT2D eigenvalue weighted by atomic mass is 9.83. The van der Waals surface area contributed by atoms with Crippen LogP contribution in [-0.4, -0.2) is 119 Å². The highest BCUT2D eigenvalue weighted by Gasteiger charge is 2.39. The van der Waals surface area contributed by atoms with Crippen LogP contribution in [0.5, 0.6) is 0 Å². The van der Waals surface area contributed by atoms with Crippen LogP contribution >= 0.6 is 0 Å². The second kappa shape index (κ2) is 17.7. The van der Waals surface area contributed by atoms with Crippen LogP contribution in [0.15, 0.2) is 48.7 Å². The number of aliphatic hydroxyl groups is 1. The summed E-state index contributed by atoms with van der Waals surface area (Å²) in [5.41, 5.74) is 1.60. The number of hydrogen-bond acceptors (Lipinski definition) is 11. The average molecular weight is 815 g/mol. The topological polar surface area (TPSA) is 169 Å². The lowest BCUT2D eigenvalue weighted by Crippen LogP contribution is -2.54. The quantitative estimate of drug-likeness (QED) is 0.217. The number of aromatic nitrogens is 2. The highest BCUT2D eigenvalue weighted by Crippen LogP contribution is 2.35. The van der Waals surface area contributed by atoms with Crippen molar-refractivity contribution in [1.29, 1.82) is 0 Å². The summed E-state index contributed by atoms with van der Waals surface area (Å²) in [6.45, 7) is 3.86. The first-order valence-corrected chi connectivity index (χ1v) is 20.9. The summed E-state index contributed by atoms with van der Waals surface area (Å²) in [5.74, 6) is -1.33. The van der Waals surface area contributed by atoms with Gasteiger partial charge in [-0.1, -0.05) is 18.2 Å². The van der Waals surface area contributed by atoms with E-state index in [1.807, 2.05) is 11.0 Å². The van der Waals surface area contributed by atoms with Gasteiger partial charge in [0.2, 0.25) is 23.7 Å². The zero-order valence-electron chi connectivity index (χ0n) is 33.1. The highest BCUT2D eigenvalue weighted by atomic mass is 19.1. The van der Waals surface area contributed by atoms with Crippen molar-refractivity contribution in [3.8, 4) is 11.3 Å². The van der Waals surface area contributed by atoms with Gasteiger partial charge in [0.15, 0.2) is 5.82 Å². The molecule has 1 unspecified atom stereocenters. The van der Waals surface area contributed by atoms with E-state index in [4.69, 9.17) is 4.74 Å². The Morgan fingerprint density at radius 1 is 0.915 bits per heavy atom. The van der Waals surface area contributed by atoms with Gasteiger partial charge in [-0.25, -0.2) is 18.7 Å². The molecule has 14 nitrogen and oxygen atoms in total. The first kappa shape index (κ1) is 40.7. The number of morpholine rings is 1. The number of piperidine rings is 3. The number of nitrogens with one attached hydrogen (secondary N) is 3. The molecule has 5 heterocycles. The molecule has 0 bridgehead atoms. The lowest BCUT2D eigenvalue weighted by molar-refractivity contribution is -0.141. The largest absolute Gasteiger partial charge is 0.388 e. The van der Waals surface area contributed by atoms with Gasteiger partial charge in [-0.2, -0.15) is 0 Å². The van der Waals surface area contributed by atoms with Crippen molar-refractivity contribution in [3.63, 3.8) is 0 Å². The third-order valence-corrected chi connectivity index (χ3v) is 12.7. The Kier molecular flexibility index (Phi) is 12.2. The second-order valence-electron chi connectivity index (χ2n) is 16.7. The van der Waals surface area contributed by atoms with E-state index in [0.717, 1.165) is 45.0 Å². The van der Waals surface area contributed by atoms with Gasteiger partial charge in [-0.15, -0.1) is 0 Å². The van der Waals surface area contributed by atoms with Crippen molar-refractivity contribution >= 4 is 41.0 Å². The number of likely N-dealkylation sites (tertiary alicyclic amines) is 2. The Labute approximate surface area is 342 Å². The Morgan fingerprint density at radius 2 is 1.69 bits per heavy atom. The van der Waals surface area contributed by atoms with Crippen molar-refractivity contribution in [1.82, 2.24) is 25.1 Å². The number of anilines is 3. The molecule has 4 amide bonds. The number of amides is 4. The average Bonchev–Trinajstić information content (AvgIpc) is 3.23.